The Kier molecular flexibility index (Phi) is 5.36. The minimum Gasteiger partial charge on any atom is -0.497 e. The Balaban J connectivity index is 2.37. The second kappa shape index (κ2) is 6.85. The summed E-state index contributed by atoms with van der Waals surface area (Å²) in [6, 6.07) is 7.30. The lowest BCUT2D eigenvalue weighted by molar-refractivity contribution is -0.116. The molecule has 0 aliphatic heterocycles. The van der Waals surface area contributed by atoms with Crippen LogP contribution in [-0.4, -0.2) is 26.6 Å². The highest BCUT2D eigenvalue weighted by atomic mass is 16.5. The number of carbonyl (C=O) groups is 1. The first kappa shape index (κ1) is 12.5. The highest BCUT2D eigenvalue weighted by Gasteiger charge is 2.01. The minimum atomic E-state index is 0.0421. The van der Waals surface area contributed by atoms with Gasteiger partial charge in [0.05, 0.1) is 7.11 Å². The van der Waals surface area contributed by atoms with Crippen molar-refractivity contribution in [3.05, 3.63) is 24.3 Å². The summed E-state index contributed by atoms with van der Waals surface area (Å²) in [6.07, 6.45) is 1.38. The van der Waals surface area contributed by atoms with E-state index in [1.807, 2.05) is 31.3 Å². The average molecular weight is 222 g/mol. The van der Waals surface area contributed by atoms with E-state index in [2.05, 4.69) is 10.6 Å². The molecule has 0 bridgehead atoms. The zero-order chi connectivity index (χ0) is 11.8. The van der Waals surface area contributed by atoms with Crippen LogP contribution in [0.4, 0.5) is 5.69 Å². The molecule has 0 fully saturated rings. The summed E-state index contributed by atoms with van der Waals surface area (Å²) in [4.78, 5) is 11.5. The molecule has 0 atom stereocenters. The van der Waals surface area contributed by atoms with Crippen LogP contribution in [0.25, 0.3) is 0 Å². The van der Waals surface area contributed by atoms with Crippen molar-refractivity contribution in [3.8, 4) is 5.75 Å². The number of carbonyl (C=O) groups excluding carboxylic acids is 1. The third-order valence-corrected chi connectivity index (χ3v) is 2.20. The zero-order valence-electron chi connectivity index (χ0n) is 9.75. The van der Waals surface area contributed by atoms with Gasteiger partial charge in [0.2, 0.25) is 5.91 Å². The van der Waals surface area contributed by atoms with Gasteiger partial charge in [-0.3, -0.25) is 4.79 Å². The van der Waals surface area contributed by atoms with E-state index in [4.69, 9.17) is 4.74 Å². The van der Waals surface area contributed by atoms with E-state index in [0.29, 0.717) is 6.42 Å². The number of anilines is 1. The fraction of sp³-hybridized carbons (Fsp3) is 0.417. The molecule has 0 spiro atoms. The van der Waals surface area contributed by atoms with E-state index in [-0.39, 0.29) is 5.91 Å². The van der Waals surface area contributed by atoms with E-state index >= 15 is 0 Å². The topological polar surface area (TPSA) is 50.4 Å². The molecule has 0 saturated heterocycles. The van der Waals surface area contributed by atoms with Crippen LogP contribution in [0.3, 0.4) is 0 Å². The molecule has 0 unspecified atom stereocenters. The molecule has 4 nitrogen and oxygen atoms in total. The first-order valence-electron chi connectivity index (χ1n) is 5.34. The monoisotopic (exact) mass is 222 g/mol. The van der Waals surface area contributed by atoms with Gasteiger partial charge in [0.1, 0.15) is 5.75 Å². The largest absolute Gasteiger partial charge is 0.497 e. The summed E-state index contributed by atoms with van der Waals surface area (Å²) in [5, 5.41) is 5.84. The fourth-order valence-electron chi connectivity index (χ4n) is 1.32. The molecule has 4 heteroatoms. The highest BCUT2D eigenvalue weighted by Crippen LogP contribution is 2.15. The summed E-state index contributed by atoms with van der Waals surface area (Å²) in [5.74, 6) is 0.827. The maximum Gasteiger partial charge on any atom is 0.224 e. The lowest BCUT2D eigenvalue weighted by atomic mass is 10.2. The second-order valence-electron chi connectivity index (χ2n) is 3.48. The summed E-state index contributed by atoms with van der Waals surface area (Å²) in [7, 11) is 3.49. The molecule has 0 aromatic heterocycles. The van der Waals surface area contributed by atoms with Crippen molar-refractivity contribution >= 4 is 11.6 Å². The van der Waals surface area contributed by atoms with Crippen LogP contribution in [-0.2, 0) is 4.79 Å². The maximum absolute atomic E-state index is 11.5. The van der Waals surface area contributed by atoms with Gasteiger partial charge in [0, 0.05) is 12.1 Å². The molecule has 1 rings (SSSR count). The summed E-state index contributed by atoms with van der Waals surface area (Å²) in [6.45, 7) is 0.857. The Bertz CT molecular complexity index is 322. The molecule has 88 valence electrons. The molecule has 0 heterocycles. The van der Waals surface area contributed by atoms with Crippen molar-refractivity contribution < 1.29 is 9.53 Å². The first-order chi connectivity index (χ1) is 7.76. The number of amides is 1. The van der Waals surface area contributed by atoms with Gasteiger partial charge in [0.25, 0.3) is 0 Å². The quantitative estimate of drug-likeness (QED) is 0.719. The summed E-state index contributed by atoms with van der Waals surface area (Å²) in [5.41, 5.74) is 0.801. The van der Waals surface area contributed by atoms with E-state index in [1.165, 1.54) is 0 Å². The van der Waals surface area contributed by atoms with Crippen molar-refractivity contribution in [2.75, 3.05) is 26.0 Å². The van der Waals surface area contributed by atoms with Crippen molar-refractivity contribution in [2.24, 2.45) is 0 Å². The number of rotatable bonds is 6. The lowest BCUT2D eigenvalue weighted by Gasteiger charge is -2.06. The molecule has 0 aliphatic rings. The van der Waals surface area contributed by atoms with Crippen LogP contribution < -0.4 is 15.4 Å². The van der Waals surface area contributed by atoms with Crippen molar-refractivity contribution in [2.45, 2.75) is 12.8 Å². The fourth-order valence-corrected chi connectivity index (χ4v) is 1.32. The predicted octanol–water partition coefficient (Wildman–Crippen LogP) is 1.63. The van der Waals surface area contributed by atoms with E-state index in [1.54, 1.807) is 7.11 Å². The van der Waals surface area contributed by atoms with E-state index in [9.17, 15) is 4.79 Å². The molecule has 0 aliphatic carbocycles. The molecular formula is C12H18N2O2. The minimum absolute atomic E-state index is 0.0421. The van der Waals surface area contributed by atoms with Gasteiger partial charge in [-0.05, 0) is 44.3 Å². The second-order valence-corrected chi connectivity index (χ2v) is 3.48. The molecule has 2 N–H and O–H groups in total. The Morgan fingerprint density at radius 1 is 1.31 bits per heavy atom. The number of nitrogens with one attached hydrogen (secondary N) is 2. The zero-order valence-corrected chi connectivity index (χ0v) is 9.75. The molecule has 1 aromatic rings. The van der Waals surface area contributed by atoms with Gasteiger partial charge < -0.3 is 15.4 Å². The molecule has 1 aromatic carbocycles. The van der Waals surface area contributed by atoms with Gasteiger partial charge in [-0.1, -0.05) is 0 Å². The van der Waals surface area contributed by atoms with E-state index in [0.717, 1.165) is 24.4 Å². The van der Waals surface area contributed by atoms with Crippen molar-refractivity contribution in [3.63, 3.8) is 0 Å². The predicted molar refractivity (Wildman–Crippen MR) is 64.8 cm³/mol. The van der Waals surface area contributed by atoms with E-state index < -0.39 is 0 Å². The van der Waals surface area contributed by atoms with Crippen LogP contribution in [0.1, 0.15) is 12.8 Å². The van der Waals surface area contributed by atoms with Gasteiger partial charge in [-0.15, -0.1) is 0 Å². The number of benzene rings is 1. The normalized spacial score (nSPS) is 9.88. The Labute approximate surface area is 96.0 Å². The van der Waals surface area contributed by atoms with Crippen LogP contribution in [0.2, 0.25) is 0 Å². The number of methoxy groups -OCH3 is 1. The van der Waals surface area contributed by atoms with Crippen LogP contribution in [0, 0.1) is 0 Å². The first-order valence-corrected chi connectivity index (χ1v) is 5.34. The molecule has 1 amide bonds. The van der Waals surface area contributed by atoms with Gasteiger partial charge in [-0.25, -0.2) is 0 Å². The Morgan fingerprint density at radius 3 is 2.56 bits per heavy atom. The third kappa shape index (κ3) is 4.31. The number of hydrogen-bond donors (Lipinski definition) is 2. The highest BCUT2D eigenvalue weighted by molar-refractivity contribution is 5.90. The Hall–Kier alpha value is -1.55. The van der Waals surface area contributed by atoms with Crippen molar-refractivity contribution in [1.82, 2.24) is 5.32 Å². The van der Waals surface area contributed by atoms with Crippen LogP contribution in [0.15, 0.2) is 24.3 Å². The summed E-state index contributed by atoms with van der Waals surface area (Å²) >= 11 is 0. The van der Waals surface area contributed by atoms with Crippen molar-refractivity contribution in [1.29, 1.82) is 0 Å². The van der Waals surface area contributed by atoms with Crippen LogP contribution in [0.5, 0.6) is 5.75 Å². The molecular weight excluding hydrogens is 204 g/mol. The molecule has 0 saturated carbocycles. The van der Waals surface area contributed by atoms with Gasteiger partial charge in [-0.2, -0.15) is 0 Å². The summed E-state index contributed by atoms with van der Waals surface area (Å²) < 4.78 is 5.03. The number of ether oxygens (including phenoxy) is 1. The van der Waals surface area contributed by atoms with Gasteiger partial charge >= 0.3 is 0 Å². The maximum atomic E-state index is 11.5. The molecule has 16 heavy (non-hydrogen) atoms. The molecule has 0 radical (unpaired) electrons. The van der Waals surface area contributed by atoms with Crippen LogP contribution >= 0.6 is 0 Å². The third-order valence-electron chi connectivity index (χ3n) is 2.20. The number of hydrogen-bond acceptors (Lipinski definition) is 3. The smallest absolute Gasteiger partial charge is 0.224 e. The Morgan fingerprint density at radius 2 is 2.00 bits per heavy atom. The SMILES string of the molecule is CNCCCC(=O)Nc1ccc(OC)cc1. The van der Waals surface area contributed by atoms with Gasteiger partial charge in [0.15, 0.2) is 0 Å². The lowest BCUT2D eigenvalue weighted by Crippen LogP contribution is -2.15. The standard InChI is InChI=1S/C12H18N2O2/c1-13-9-3-4-12(15)14-10-5-7-11(16-2)8-6-10/h5-8,13H,3-4,9H2,1-2H3,(H,14,15). The average Bonchev–Trinajstić information content (AvgIpc) is 2.30.